The standard InChI is InChI=1S/C20H23ClN6O/c21-17-6-7-18-23-24-19(27(18)25-17)8-9-20(28)22-16-10-12-26(13-11-16)14-15-4-2-1-3-5-15/h1-7,16H,8-14H2,(H,22,28). The summed E-state index contributed by atoms with van der Waals surface area (Å²) in [4.78, 5) is 14.8. The number of piperidine rings is 1. The number of halogens is 1. The van der Waals surface area contributed by atoms with E-state index in [2.05, 4.69) is 49.8 Å². The Morgan fingerprint density at radius 1 is 1.11 bits per heavy atom. The lowest BCUT2D eigenvalue weighted by Gasteiger charge is -2.32. The maximum absolute atomic E-state index is 12.4. The molecule has 0 atom stereocenters. The summed E-state index contributed by atoms with van der Waals surface area (Å²) >= 11 is 5.93. The third-order valence-electron chi connectivity index (χ3n) is 5.07. The van der Waals surface area contributed by atoms with Gasteiger partial charge in [-0.05, 0) is 30.5 Å². The number of carbonyl (C=O) groups excluding carboxylic acids is 1. The van der Waals surface area contributed by atoms with Crippen LogP contribution >= 0.6 is 11.6 Å². The first-order valence-electron chi connectivity index (χ1n) is 9.60. The summed E-state index contributed by atoms with van der Waals surface area (Å²) in [6.07, 6.45) is 2.79. The maximum Gasteiger partial charge on any atom is 0.220 e. The Balaban J connectivity index is 1.23. The van der Waals surface area contributed by atoms with Crippen LogP contribution in [0.15, 0.2) is 42.5 Å². The Morgan fingerprint density at radius 2 is 1.89 bits per heavy atom. The summed E-state index contributed by atoms with van der Waals surface area (Å²) in [6.45, 7) is 2.96. The lowest BCUT2D eigenvalue weighted by Crippen LogP contribution is -2.44. The molecule has 7 nitrogen and oxygen atoms in total. The molecule has 1 aliphatic heterocycles. The van der Waals surface area contributed by atoms with Gasteiger partial charge in [-0.1, -0.05) is 41.9 Å². The molecular weight excluding hydrogens is 376 g/mol. The van der Waals surface area contributed by atoms with Crippen LogP contribution < -0.4 is 5.32 Å². The quantitative estimate of drug-likeness (QED) is 0.690. The van der Waals surface area contributed by atoms with E-state index in [1.807, 2.05) is 6.07 Å². The molecule has 0 saturated carbocycles. The SMILES string of the molecule is O=C(CCc1nnc2ccc(Cl)nn12)NC1CCN(Cc2ccccc2)CC1. The van der Waals surface area contributed by atoms with Crippen LogP contribution in [0, 0.1) is 0 Å². The van der Waals surface area contributed by atoms with Crippen molar-refractivity contribution in [3.8, 4) is 0 Å². The summed E-state index contributed by atoms with van der Waals surface area (Å²) in [5, 5.41) is 15.9. The summed E-state index contributed by atoms with van der Waals surface area (Å²) in [6, 6.07) is 14.2. The second-order valence-corrected chi connectivity index (χ2v) is 7.53. The van der Waals surface area contributed by atoms with Crippen molar-refractivity contribution >= 4 is 23.2 Å². The van der Waals surface area contributed by atoms with Gasteiger partial charge in [-0.15, -0.1) is 10.2 Å². The number of benzene rings is 1. The van der Waals surface area contributed by atoms with Crippen LogP contribution in [0.3, 0.4) is 0 Å². The fourth-order valence-electron chi connectivity index (χ4n) is 3.57. The molecule has 3 aromatic rings. The Bertz CT molecular complexity index is 936. The number of nitrogens with zero attached hydrogens (tertiary/aromatic N) is 5. The second-order valence-electron chi connectivity index (χ2n) is 7.15. The third-order valence-corrected chi connectivity index (χ3v) is 5.27. The Kier molecular flexibility index (Phi) is 5.83. The summed E-state index contributed by atoms with van der Waals surface area (Å²) in [5.74, 6) is 0.686. The van der Waals surface area contributed by atoms with E-state index in [4.69, 9.17) is 11.6 Å². The van der Waals surface area contributed by atoms with Crippen LogP contribution in [0.1, 0.15) is 30.7 Å². The van der Waals surface area contributed by atoms with Gasteiger partial charge >= 0.3 is 0 Å². The van der Waals surface area contributed by atoms with Gasteiger partial charge in [-0.25, -0.2) is 0 Å². The van der Waals surface area contributed by atoms with Crippen molar-refractivity contribution in [1.82, 2.24) is 30.0 Å². The number of likely N-dealkylation sites (tertiary alicyclic amines) is 1. The number of fused-ring (bicyclic) bond motifs is 1. The minimum absolute atomic E-state index is 0.0419. The molecule has 0 spiro atoms. The highest BCUT2D eigenvalue weighted by Crippen LogP contribution is 2.14. The van der Waals surface area contributed by atoms with Crippen LogP contribution in [0.5, 0.6) is 0 Å². The number of amides is 1. The number of carbonyl (C=O) groups is 1. The van der Waals surface area contributed by atoms with E-state index >= 15 is 0 Å². The van der Waals surface area contributed by atoms with Gasteiger partial charge < -0.3 is 5.32 Å². The van der Waals surface area contributed by atoms with Crippen LogP contribution in [-0.2, 0) is 17.8 Å². The first-order valence-corrected chi connectivity index (χ1v) is 9.97. The average molecular weight is 399 g/mol. The molecule has 146 valence electrons. The number of nitrogens with one attached hydrogen (secondary N) is 1. The maximum atomic E-state index is 12.4. The molecule has 0 unspecified atom stereocenters. The van der Waals surface area contributed by atoms with Crippen molar-refractivity contribution in [3.63, 3.8) is 0 Å². The van der Waals surface area contributed by atoms with E-state index in [0.717, 1.165) is 32.5 Å². The van der Waals surface area contributed by atoms with E-state index in [9.17, 15) is 4.79 Å². The van der Waals surface area contributed by atoms with Gasteiger partial charge in [0.1, 0.15) is 5.15 Å². The number of hydrogen-bond acceptors (Lipinski definition) is 5. The lowest BCUT2D eigenvalue weighted by atomic mass is 10.0. The van der Waals surface area contributed by atoms with Crippen LogP contribution in [0.4, 0.5) is 0 Å². The third kappa shape index (κ3) is 4.66. The van der Waals surface area contributed by atoms with Crippen LogP contribution in [0.25, 0.3) is 5.65 Å². The smallest absolute Gasteiger partial charge is 0.220 e. The highest BCUT2D eigenvalue weighted by Gasteiger charge is 2.21. The van der Waals surface area contributed by atoms with Crippen molar-refractivity contribution in [2.24, 2.45) is 0 Å². The Labute approximate surface area is 168 Å². The van der Waals surface area contributed by atoms with Gasteiger partial charge in [0.25, 0.3) is 0 Å². The first kappa shape index (κ1) is 18.8. The van der Waals surface area contributed by atoms with Crippen molar-refractivity contribution in [2.45, 2.75) is 38.3 Å². The molecule has 1 saturated heterocycles. The van der Waals surface area contributed by atoms with Gasteiger partial charge in [0.2, 0.25) is 5.91 Å². The van der Waals surface area contributed by atoms with E-state index in [1.54, 1.807) is 16.6 Å². The van der Waals surface area contributed by atoms with Gasteiger partial charge in [0, 0.05) is 38.5 Å². The fraction of sp³-hybridized carbons (Fsp3) is 0.400. The highest BCUT2D eigenvalue weighted by molar-refractivity contribution is 6.29. The molecule has 1 fully saturated rings. The van der Waals surface area contributed by atoms with Crippen molar-refractivity contribution in [1.29, 1.82) is 0 Å². The molecular formula is C20H23ClN6O. The minimum Gasteiger partial charge on any atom is -0.353 e. The minimum atomic E-state index is 0.0419. The lowest BCUT2D eigenvalue weighted by molar-refractivity contribution is -0.122. The Hall–Kier alpha value is -2.51. The van der Waals surface area contributed by atoms with E-state index in [-0.39, 0.29) is 11.9 Å². The molecule has 0 radical (unpaired) electrons. The van der Waals surface area contributed by atoms with Gasteiger partial charge in [0.05, 0.1) is 0 Å². The fourth-order valence-corrected chi connectivity index (χ4v) is 3.71. The number of rotatable bonds is 6. The summed E-state index contributed by atoms with van der Waals surface area (Å²) in [5.41, 5.74) is 1.96. The molecule has 28 heavy (non-hydrogen) atoms. The van der Waals surface area contributed by atoms with E-state index in [1.165, 1.54) is 5.56 Å². The molecule has 1 N–H and O–H groups in total. The molecule has 4 rings (SSSR count). The number of hydrogen-bond donors (Lipinski definition) is 1. The highest BCUT2D eigenvalue weighted by atomic mass is 35.5. The summed E-state index contributed by atoms with van der Waals surface area (Å²) < 4.78 is 1.59. The van der Waals surface area contributed by atoms with Gasteiger partial charge in [0.15, 0.2) is 11.5 Å². The topological polar surface area (TPSA) is 75.4 Å². The molecule has 1 aliphatic rings. The molecule has 1 amide bonds. The zero-order valence-corrected chi connectivity index (χ0v) is 16.3. The van der Waals surface area contributed by atoms with Gasteiger partial charge in [-0.2, -0.15) is 9.61 Å². The molecule has 8 heteroatoms. The Morgan fingerprint density at radius 3 is 2.68 bits per heavy atom. The number of aryl methyl sites for hydroxylation is 1. The molecule has 3 heterocycles. The van der Waals surface area contributed by atoms with Crippen molar-refractivity contribution in [3.05, 3.63) is 59.0 Å². The predicted molar refractivity (Wildman–Crippen MR) is 107 cm³/mol. The first-order chi connectivity index (χ1) is 13.7. The van der Waals surface area contributed by atoms with E-state index in [0.29, 0.717) is 29.5 Å². The molecule has 0 aliphatic carbocycles. The second kappa shape index (κ2) is 8.67. The summed E-state index contributed by atoms with van der Waals surface area (Å²) in [7, 11) is 0. The zero-order chi connectivity index (χ0) is 19.3. The normalized spacial score (nSPS) is 15.8. The van der Waals surface area contributed by atoms with Crippen LogP contribution in [-0.4, -0.2) is 49.7 Å². The van der Waals surface area contributed by atoms with Gasteiger partial charge in [-0.3, -0.25) is 9.69 Å². The van der Waals surface area contributed by atoms with Crippen molar-refractivity contribution in [2.75, 3.05) is 13.1 Å². The zero-order valence-electron chi connectivity index (χ0n) is 15.6. The molecule has 0 bridgehead atoms. The molecule has 1 aromatic carbocycles. The predicted octanol–water partition coefficient (Wildman–Crippen LogP) is 2.49. The van der Waals surface area contributed by atoms with Crippen molar-refractivity contribution < 1.29 is 4.79 Å². The molecule has 2 aromatic heterocycles. The van der Waals surface area contributed by atoms with Crippen LogP contribution in [0.2, 0.25) is 5.15 Å². The number of aromatic nitrogens is 4. The average Bonchev–Trinajstić information content (AvgIpc) is 3.11. The monoisotopic (exact) mass is 398 g/mol. The largest absolute Gasteiger partial charge is 0.353 e. The van der Waals surface area contributed by atoms with E-state index < -0.39 is 0 Å².